The maximum absolute atomic E-state index is 9.73. The Kier molecular flexibility index (Phi) is 4.96. The number of aliphatic hydroxyl groups is 1. The van der Waals surface area contributed by atoms with E-state index in [0.717, 1.165) is 11.2 Å². The van der Waals surface area contributed by atoms with E-state index in [0.29, 0.717) is 23.7 Å². The maximum atomic E-state index is 9.73. The summed E-state index contributed by atoms with van der Waals surface area (Å²) in [6.07, 6.45) is 0.750. The van der Waals surface area contributed by atoms with E-state index in [4.69, 9.17) is 5.73 Å². The quantitative estimate of drug-likeness (QED) is 0.596. The molecule has 0 saturated carbocycles. The minimum absolute atomic E-state index is 0.216. The van der Waals surface area contributed by atoms with Crippen molar-refractivity contribution in [3.05, 3.63) is 48.0 Å². The summed E-state index contributed by atoms with van der Waals surface area (Å²) in [6.45, 7) is 6.58. The van der Waals surface area contributed by atoms with Crippen LogP contribution >= 0.6 is 0 Å². The topological polar surface area (TPSA) is 102 Å². The van der Waals surface area contributed by atoms with E-state index >= 15 is 0 Å². The molecule has 0 amide bonds. The molecule has 132 valence electrons. The Morgan fingerprint density at radius 1 is 1.16 bits per heavy atom. The van der Waals surface area contributed by atoms with Gasteiger partial charge in [-0.3, -0.25) is 0 Å². The normalized spacial score (nSPS) is 14.0. The van der Waals surface area contributed by atoms with Crippen LogP contribution in [-0.4, -0.2) is 30.9 Å². The van der Waals surface area contributed by atoms with E-state index < -0.39 is 6.23 Å². The zero-order valence-electron chi connectivity index (χ0n) is 14.7. The fraction of sp³-hybridized carbons (Fsp3) is 0.389. The first-order chi connectivity index (χ1) is 12.0. The molecule has 2 aromatic heterocycles. The fourth-order valence-electron chi connectivity index (χ4n) is 2.57. The van der Waals surface area contributed by atoms with Gasteiger partial charge in [-0.15, -0.1) is 0 Å². The monoisotopic (exact) mass is 340 g/mol. The second-order valence-electron chi connectivity index (χ2n) is 6.47. The number of rotatable bonds is 6. The minimum Gasteiger partial charge on any atom is -0.378 e. The predicted octanol–water partition coefficient (Wildman–Crippen LogP) is 2.40. The minimum atomic E-state index is -1.02. The molecule has 0 fully saturated rings. The van der Waals surface area contributed by atoms with Gasteiger partial charge in [0.15, 0.2) is 11.5 Å². The molecular weight excluding hydrogens is 316 g/mol. The molecule has 1 aromatic carbocycles. The summed E-state index contributed by atoms with van der Waals surface area (Å²) in [7, 11) is 0. The standard InChI is InChI=1S/C18H24N6O/c1-11(2)24-10-21-14-17(20-9-13-7-5-4-6-8-13)22-16(23-18(14)24)12(3)15(19)25/h4-8,10-12,15,25H,9,19H2,1-3H3,(H,20,22,23)/t12-,15?/m0/s1. The number of fused-ring (bicyclic) bond motifs is 1. The number of hydrogen-bond donors (Lipinski definition) is 3. The molecule has 2 heterocycles. The van der Waals surface area contributed by atoms with Gasteiger partial charge < -0.3 is 20.7 Å². The van der Waals surface area contributed by atoms with E-state index in [9.17, 15) is 5.11 Å². The first kappa shape index (κ1) is 17.3. The molecule has 0 radical (unpaired) electrons. The molecule has 0 spiro atoms. The molecule has 0 aliphatic rings. The SMILES string of the molecule is CC(C)n1cnc2c(NCc3ccccc3)nc([C@@H](C)C(N)O)nc21. The van der Waals surface area contributed by atoms with Gasteiger partial charge in [0.2, 0.25) is 0 Å². The molecule has 7 nitrogen and oxygen atoms in total. The van der Waals surface area contributed by atoms with Crippen LogP contribution in [0.4, 0.5) is 5.82 Å². The zero-order valence-corrected chi connectivity index (χ0v) is 14.7. The van der Waals surface area contributed by atoms with Crippen LogP contribution in [-0.2, 0) is 6.54 Å². The largest absolute Gasteiger partial charge is 0.378 e. The van der Waals surface area contributed by atoms with Crippen LogP contribution < -0.4 is 11.1 Å². The number of benzene rings is 1. The summed E-state index contributed by atoms with van der Waals surface area (Å²) < 4.78 is 1.99. The van der Waals surface area contributed by atoms with Crippen LogP contribution in [0, 0.1) is 0 Å². The second kappa shape index (κ2) is 7.16. The van der Waals surface area contributed by atoms with Crippen LogP contribution in [0.5, 0.6) is 0 Å². The molecule has 0 bridgehead atoms. The lowest BCUT2D eigenvalue weighted by Crippen LogP contribution is -2.27. The van der Waals surface area contributed by atoms with Gasteiger partial charge in [-0.25, -0.2) is 15.0 Å². The van der Waals surface area contributed by atoms with Gasteiger partial charge in [-0.05, 0) is 19.4 Å². The number of nitrogens with one attached hydrogen (secondary N) is 1. The lowest BCUT2D eigenvalue weighted by Gasteiger charge is -2.16. The van der Waals surface area contributed by atoms with Crippen molar-refractivity contribution in [3.8, 4) is 0 Å². The van der Waals surface area contributed by atoms with Gasteiger partial charge >= 0.3 is 0 Å². The zero-order chi connectivity index (χ0) is 18.0. The lowest BCUT2D eigenvalue weighted by molar-refractivity contribution is 0.153. The van der Waals surface area contributed by atoms with Crippen molar-refractivity contribution < 1.29 is 5.11 Å². The Morgan fingerprint density at radius 3 is 2.52 bits per heavy atom. The highest BCUT2D eigenvalue weighted by Gasteiger charge is 2.20. The third kappa shape index (κ3) is 3.62. The van der Waals surface area contributed by atoms with Crippen LogP contribution in [0.2, 0.25) is 0 Å². The summed E-state index contributed by atoms with van der Waals surface area (Å²) in [5.41, 5.74) is 8.23. The number of anilines is 1. The van der Waals surface area contributed by atoms with E-state index in [1.807, 2.05) is 41.8 Å². The Labute approximate surface area is 146 Å². The fourth-order valence-corrected chi connectivity index (χ4v) is 2.57. The van der Waals surface area contributed by atoms with Gasteiger partial charge in [0, 0.05) is 12.6 Å². The van der Waals surface area contributed by atoms with Gasteiger partial charge in [0.25, 0.3) is 0 Å². The molecule has 2 atom stereocenters. The van der Waals surface area contributed by atoms with Crippen molar-refractivity contribution in [3.63, 3.8) is 0 Å². The van der Waals surface area contributed by atoms with Crippen molar-refractivity contribution >= 4 is 17.0 Å². The number of aromatic nitrogens is 4. The van der Waals surface area contributed by atoms with E-state index in [2.05, 4.69) is 34.1 Å². The number of nitrogens with zero attached hydrogens (tertiary/aromatic N) is 4. The highest BCUT2D eigenvalue weighted by Crippen LogP contribution is 2.25. The van der Waals surface area contributed by atoms with Crippen molar-refractivity contribution in [2.75, 3.05) is 5.32 Å². The molecule has 0 aliphatic carbocycles. The third-order valence-corrected chi connectivity index (χ3v) is 4.22. The molecule has 7 heteroatoms. The highest BCUT2D eigenvalue weighted by atomic mass is 16.3. The van der Waals surface area contributed by atoms with Crippen LogP contribution in [0.1, 0.15) is 44.1 Å². The number of nitrogens with two attached hydrogens (primary N) is 1. The molecule has 3 rings (SSSR count). The van der Waals surface area contributed by atoms with E-state index in [-0.39, 0.29) is 12.0 Å². The number of hydrogen-bond acceptors (Lipinski definition) is 6. The Balaban J connectivity index is 2.02. The number of imidazole rings is 1. The molecule has 25 heavy (non-hydrogen) atoms. The van der Waals surface area contributed by atoms with Crippen LogP contribution in [0.15, 0.2) is 36.7 Å². The first-order valence-corrected chi connectivity index (χ1v) is 8.43. The average molecular weight is 340 g/mol. The van der Waals surface area contributed by atoms with Gasteiger partial charge in [0.1, 0.15) is 17.6 Å². The van der Waals surface area contributed by atoms with Gasteiger partial charge in [0.05, 0.1) is 12.2 Å². The van der Waals surface area contributed by atoms with Gasteiger partial charge in [-0.2, -0.15) is 0 Å². The van der Waals surface area contributed by atoms with Crippen LogP contribution in [0.25, 0.3) is 11.2 Å². The Bertz CT molecular complexity index is 843. The predicted molar refractivity (Wildman–Crippen MR) is 98.1 cm³/mol. The van der Waals surface area contributed by atoms with Crippen molar-refractivity contribution in [1.82, 2.24) is 19.5 Å². The number of aliphatic hydroxyl groups excluding tert-OH is 1. The maximum Gasteiger partial charge on any atom is 0.166 e. The van der Waals surface area contributed by atoms with E-state index in [1.165, 1.54) is 0 Å². The molecular formula is C18H24N6O. The molecule has 4 N–H and O–H groups in total. The van der Waals surface area contributed by atoms with Crippen molar-refractivity contribution in [2.24, 2.45) is 5.73 Å². The third-order valence-electron chi connectivity index (χ3n) is 4.22. The smallest absolute Gasteiger partial charge is 0.166 e. The second-order valence-corrected chi connectivity index (χ2v) is 6.47. The molecule has 1 unspecified atom stereocenters. The highest BCUT2D eigenvalue weighted by molar-refractivity contribution is 5.83. The summed E-state index contributed by atoms with van der Waals surface area (Å²) in [5, 5.41) is 13.1. The summed E-state index contributed by atoms with van der Waals surface area (Å²) >= 11 is 0. The summed E-state index contributed by atoms with van der Waals surface area (Å²) in [5.74, 6) is 0.772. The summed E-state index contributed by atoms with van der Waals surface area (Å²) in [6, 6.07) is 10.3. The van der Waals surface area contributed by atoms with E-state index in [1.54, 1.807) is 6.33 Å². The molecule has 0 aliphatic heterocycles. The Morgan fingerprint density at radius 2 is 1.88 bits per heavy atom. The van der Waals surface area contributed by atoms with Crippen LogP contribution in [0.3, 0.4) is 0 Å². The summed E-state index contributed by atoms with van der Waals surface area (Å²) in [4.78, 5) is 13.7. The van der Waals surface area contributed by atoms with Gasteiger partial charge in [-0.1, -0.05) is 37.3 Å². The van der Waals surface area contributed by atoms with Crippen molar-refractivity contribution in [1.29, 1.82) is 0 Å². The lowest BCUT2D eigenvalue weighted by atomic mass is 10.1. The average Bonchev–Trinajstić information content (AvgIpc) is 3.04. The van der Waals surface area contributed by atoms with Crippen molar-refractivity contribution in [2.45, 2.75) is 45.5 Å². The first-order valence-electron chi connectivity index (χ1n) is 8.43. The Hall–Kier alpha value is -2.51. The molecule has 3 aromatic rings. The molecule has 0 saturated heterocycles.